The fraction of sp³-hybridized carbons (Fsp3) is 0.545. The molecule has 0 saturated heterocycles. The van der Waals surface area contributed by atoms with E-state index in [2.05, 4.69) is 55.2 Å². The van der Waals surface area contributed by atoms with E-state index in [1.807, 2.05) is 0 Å². The lowest BCUT2D eigenvalue weighted by Crippen LogP contribution is -2.54. The zero-order valence-electron chi connectivity index (χ0n) is 30.3. The number of nitrogens with one attached hydrogen (secondary N) is 9. The first-order valence-corrected chi connectivity index (χ1v) is 18.1. The summed E-state index contributed by atoms with van der Waals surface area (Å²) in [5.74, 6) is -5.77. The summed E-state index contributed by atoms with van der Waals surface area (Å²) in [7, 11) is 0. The van der Waals surface area contributed by atoms with Crippen molar-refractivity contribution >= 4 is 66.3 Å². The van der Waals surface area contributed by atoms with E-state index >= 15 is 0 Å². The highest BCUT2D eigenvalue weighted by Crippen LogP contribution is 2.07. The average molecular weight is 797 g/mol. The van der Waals surface area contributed by atoms with E-state index in [9.17, 15) is 43.5 Å². The molecule has 3 atom stereocenters. The van der Waals surface area contributed by atoms with Crippen molar-refractivity contribution in [1.29, 1.82) is 5.41 Å². The van der Waals surface area contributed by atoms with Crippen LogP contribution in [0.15, 0.2) is 24.3 Å². The monoisotopic (exact) mass is 796 g/mol. The van der Waals surface area contributed by atoms with Gasteiger partial charge in [-0.1, -0.05) is 24.3 Å². The van der Waals surface area contributed by atoms with Crippen LogP contribution in [0.4, 0.5) is 9.59 Å². The highest BCUT2D eigenvalue weighted by Gasteiger charge is 2.28. The minimum Gasteiger partial charge on any atom is -0.481 e. The molecule has 7 amide bonds. The van der Waals surface area contributed by atoms with E-state index in [0.29, 0.717) is 43.5 Å². The third-order valence-corrected chi connectivity index (χ3v) is 7.80. The average Bonchev–Trinajstić information content (AvgIpc) is 3.11. The van der Waals surface area contributed by atoms with E-state index in [1.165, 1.54) is 0 Å². The molecule has 0 aliphatic rings. The van der Waals surface area contributed by atoms with Gasteiger partial charge in [-0.05, 0) is 49.7 Å². The summed E-state index contributed by atoms with van der Waals surface area (Å²) in [5, 5.41) is 54.6. The predicted octanol–water partition coefficient (Wildman–Crippen LogP) is -1.43. The van der Waals surface area contributed by atoms with Crippen LogP contribution in [0.5, 0.6) is 0 Å². The zero-order chi connectivity index (χ0) is 41.2. The molecule has 0 aliphatic carbocycles. The molecule has 0 fully saturated rings. The van der Waals surface area contributed by atoms with Crippen molar-refractivity contribution in [2.24, 2.45) is 5.73 Å². The number of carbonyl (C=O) groups excluding carboxylic acids is 5. The lowest BCUT2D eigenvalue weighted by molar-refractivity contribution is -0.141. The molecule has 0 aliphatic heterocycles. The lowest BCUT2D eigenvalue weighted by Gasteiger charge is -2.22. The molecule has 1 unspecified atom stereocenters. The van der Waals surface area contributed by atoms with Gasteiger partial charge in [-0.15, -0.1) is 0 Å². The quantitative estimate of drug-likeness (QED) is 0.0210. The molecular weight excluding hydrogens is 744 g/mol. The Hall–Kier alpha value is -5.80. The van der Waals surface area contributed by atoms with E-state index in [4.69, 9.17) is 21.4 Å². The molecule has 0 saturated carbocycles. The SMILES string of the molecule is N=C(N)NCCCC(NC(=O)Cc1ccc(CNC(=O)NCCCCCNC(=O)N[C@@H](CCC(=O)O)C(=O)O)cc1)C(=O)N[C@@H](CC(=O)O)C(=O)NCCS. The molecule has 14 N–H and O–H groups in total. The van der Waals surface area contributed by atoms with Crippen LogP contribution in [0.2, 0.25) is 0 Å². The minimum atomic E-state index is -1.39. The second kappa shape index (κ2) is 26.9. The van der Waals surface area contributed by atoms with Gasteiger partial charge >= 0.3 is 30.0 Å². The molecule has 1 rings (SSSR count). The largest absolute Gasteiger partial charge is 0.481 e. The molecule has 0 bridgehead atoms. The molecule has 0 aromatic heterocycles. The lowest BCUT2D eigenvalue weighted by atomic mass is 10.1. The fourth-order valence-electron chi connectivity index (χ4n) is 4.77. The number of carbonyl (C=O) groups is 8. The van der Waals surface area contributed by atoms with Crippen molar-refractivity contribution in [3.63, 3.8) is 0 Å². The number of unbranched alkanes of at least 4 members (excludes halogenated alkanes) is 2. The molecule has 1 aromatic rings. The number of benzene rings is 1. The number of carboxylic acid groups (broad SMARTS) is 3. The van der Waals surface area contributed by atoms with Gasteiger partial charge in [0.25, 0.3) is 0 Å². The zero-order valence-corrected chi connectivity index (χ0v) is 31.2. The predicted molar refractivity (Wildman–Crippen MR) is 201 cm³/mol. The number of aliphatic carboxylic acids is 3. The molecule has 21 nitrogen and oxygen atoms in total. The number of guanidine groups is 1. The fourth-order valence-corrected chi connectivity index (χ4v) is 4.88. The van der Waals surface area contributed by atoms with Crippen molar-refractivity contribution < 1.29 is 53.7 Å². The van der Waals surface area contributed by atoms with Crippen LogP contribution in [0.1, 0.15) is 62.5 Å². The number of nitrogens with two attached hydrogens (primary N) is 1. The Labute approximate surface area is 323 Å². The van der Waals surface area contributed by atoms with Crippen LogP contribution in [0, 0.1) is 5.41 Å². The summed E-state index contributed by atoms with van der Waals surface area (Å²) in [6.07, 6.45) is 0.782. The highest BCUT2D eigenvalue weighted by molar-refractivity contribution is 7.80. The van der Waals surface area contributed by atoms with Gasteiger partial charge in [0.2, 0.25) is 17.7 Å². The Balaban J connectivity index is 2.53. The minimum absolute atomic E-state index is 0.0911. The Kier molecular flexibility index (Phi) is 23.1. The van der Waals surface area contributed by atoms with Crippen molar-refractivity contribution in [3.05, 3.63) is 35.4 Å². The molecule has 0 radical (unpaired) electrons. The molecule has 22 heteroatoms. The molecule has 0 heterocycles. The topological polar surface area (TPSA) is 343 Å². The van der Waals surface area contributed by atoms with Crippen LogP contribution in [0.25, 0.3) is 0 Å². The van der Waals surface area contributed by atoms with E-state index in [0.717, 1.165) is 5.56 Å². The molecular formula is C33H52N10O11S. The smallest absolute Gasteiger partial charge is 0.326 e. The van der Waals surface area contributed by atoms with Gasteiger partial charge in [-0.25, -0.2) is 14.4 Å². The second-order valence-corrected chi connectivity index (χ2v) is 12.6. The van der Waals surface area contributed by atoms with Crippen LogP contribution in [-0.4, -0.2) is 119 Å². The highest BCUT2D eigenvalue weighted by atomic mass is 32.1. The van der Waals surface area contributed by atoms with Crippen molar-refractivity contribution in [2.45, 2.75) is 82.5 Å². The van der Waals surface area contributed by atoms with E-state index in [1.54, 1.807) is 24.3 Å². The first-order valence-electron chi connectivity index (χ1n) is 17.5. The van der Waals surface area contributed by atoms with Gasteiger partial charge in [0.1, 0.15) is 18.1 Å². The molecule has 1 aromatic carbocycles. The molecule has 55 heavy (non-hydrogen) atoms. The number of urea groups is 2. The number of hydrogen-bond donors (Lipinski definition) is 14. The first kappa shape index (κ1) is 47.2. The number of rotatable bonds is 27. The normalized spacial score (nSPS) is 12.1. The standard InChI is InChI=1S/C33H52N10O11S/c34-31(35)37-14-4-5-22(29(50)42-24(18-27(47)48)28(49)36-15-16-55)41-25(44)17-20-6-8-21(9-7-20)19-40-32(53)38-12-2-1-3-13-39-33(54)43-23(30(51)52)10-11-26(45)46/h6-9,22-24,55H,1-5,10-19H2,(H,36,49)(H,41,44)(H,42,50)(H,45,46)(H,47,48)(H,51,52)(H4,34,35,37)(H2,38,40,53)(H2,39,43,54)/t22?,23-,24-/m0/s1. The van der Waals surface area contributed by atoms with E-state index < -0.39 is 78.7 Å². The maximum Gasteiger partial charge on any atom is 0.326 e. The molecule has 0 spiro atoms. The van der Waals surface area contributed by atoms with Crippen LogP contribution < -0.4 is 48.3 Å². The van der Waals surface area contributed by atoms with Crippen molar-refractivity contribution in [1.82, 2.24) is 42.5 Å². The first-order chi connectivity index (χ1) is 26.1. The van der Waals surface area contributed by atoms with Gasteiger partial charge in [0.15, 0.2) is 5.96 Å². The third kappa shape index (κ3) is 22.8. The van der Waals surface area contributed by atoms with Crippen molar-refractivity contribution in [2.75, 3.05) is 31.9 Å². The third-order valence-electron chi connectivity index (χ3n) is 7.58. The van der Waals surface area contributed by atoms with Crippen LogP contribution >= 0.6 is 12.6 Å². The van der Waals surface area contributed by atoms with E-state index in [-0.39, 0.29) is 51.4 Å². The summed E-state index contributed by atoms with van der Waals surface area (Å²) in [4.78, 5) is 95.8. The summed E-state index contributed by atoms with van der Waals surface area (Å²) in [5.41, 5.74) is 6.64. The summed E-state index contributed by atoms with van der Waals surface area (Å²) in [6, 6.07) is 1.84. The van der Waals surface area contributed by atoms with Gasteiger partial charge < -0.3 is 63.6 Å². The van der Waals surface area contributed by atoms with Gasteiger partial charge in [-0.3, -0.25) is 29.4 Å². The van der Waals surface area contributed by atoms with Gasteiger partial charge in [0, 0.05) is 44.9 Å². The number of carboxylic acids is 3. The van der Waals surface area contributed by atoms with Crippen molar-refractivity contribution in [3.8, 4) is 0 Å². The Morgan fingerprint density at radius 3 is 1.84 bits per heavy atom. The molecule has 306 valence electrons. The number of amides is 7. The van der Waals surface area contributed by atoms with Crippen LogP contribution in [-0.2, 0) is 41.7 Å². The Morgan fingerprint density at radius 2 is 1.25 bits per heavy atom. The second-order valence-electron chi connectivity index (χ2n) is 12.2. The Bertz CT molecular complexity index is 1470. The maximum absolute atomic E-state index is 13.1. The van der Waals surface area contributed by atoms with Gasteiger partial charge in [0.05, 0.1) is 12.8 Å². The maximum atomic E-state index is 13.1. The Morgan fingerprint density at radius 1 is 0.636 bits per heavy atom. The summed E-state index contributed by atoms with van der Waals surface area (Å²) in [6.45, 7) is 1.18. The van der Waals surface area contributed by atoms with Gasteiger partial charge in [-0.2, -0.15) is 12.6 Å². The summed E-state index contributed by atoms with van der Waals surface area (Å²) < 4.78 is 0. The number of thiol groups is 1. The van der Waals surface area contributed by atoms with Crippen LogP contribution in [0.3, 0.4) is 0 Å². The summed E-state index contributed by atoms with van der Waals surface area (Å²) >= 11 is 4.00. The number of hydrogen-bond acceptors (Lipinski definition) is 10.